The minimum Gasteiger partial charge on any atom is -0.245 e. The maximum absolute atomic E-state index is 13.9. The molecule has 0 atom stereocenters. The third-order valence-corrected chi connectivity index (χ3v) is 4.57. The van der Waals surface area contributed by atoms with Crippen molar-refractivity contribution in [2.24, 2.45) is 0 Å². The van der Waals surface area contributed by atoms with Crippen LogP contribution in [0, 0.1) is 5.82 Å². The highest BCUT2D eigenvalue weighted by Gasteiger charge is 2.18. The van der Waals surface area contributed by atoms with E-state index >= 15 is 0 Å². The minimum absolute atomic E-state index is 0.348. The maximum atomic E-state index is 13.9. The van der Waals surface area contributed by atoms with Crippen LogP contribution in [0.25, 0.3) is 27.5 Å². The third kappa shape index (κ3) is 1.84. The van der Waals surface area contributed by atoms with Crippen molar-refractivity contribution in [3.63, 3.8) is 0 Å². The van der Waals surface area contributed by atoms with Gasteiger partial charge >= 0.3 is 11.4 Å². The second kappa shape index (κ2) is 5.16. The summed E-state index contributed by atoms with van der Waals surface area (Å²) in [6, 6.07) is 20.2. The predicted molar refractivity (Wildman–Crippen MR) is 97.7 cm³/mol. The number of fused-ring (bicyclic) bond motifs is 6. The van der Waals surface area contributed by atoms with Crippen molar-refractivity contribution in [3.05, 3.63) is 99.6 Å². The maximum Gasteiger partial charge on any atom is 0.356 e. The van der Waals surface area contributed by atoms with Gasteiger partial charge in [0, 0.05) is 16.8 Å². The van der Waals surface area contributed by atoms with E-state index in [0.29, 0.717) is 22.1 Å². The highest BCUT2D eigenvalue weighted by molar-refractivity contribution is 6.04. The average molecular weight is 345 g/mol. The molecule has 6 heteroatoms. The second-order valence-corrected chi connectivity index (χ2v) is 6.04. The van der Waals surface area contributed by atoms with Gasteiger partial charge in [0.1, 0.15) is 5.82 Å². The van der Waals surface area contributed by atoms with Gasteiger partial charge in [-0.15, -0.1) is 0 Å². The first-order valence-corrected chi connectivity index (χ1v) is 8.09. The number of halogens is 1. The van der Waals surface area contributed by atoms with E-state index in [4.69, 9.17) is 0 Å². The van der Waals surface area contributed by atoms with Gasteiger partial charge in [0.25, 0.3) is 0 Å². The zero-order valence-electron chi connectivity index (χ0n) is 13.5. The first-order chi connectivity index (χ1) is 12.7. The van der Waals surface area contributed by atoms with Crippen molar-refractivity contribution < 1.29 is 4.39 Å². The summed E-state index contributed by atoms with van der Waals surface area (Å²) in [5, 5.41) is 1.48. The summed E-state index contributed by atoms with van der Waals surface area (Å²) in [6.07, 6.45) is 0. The van der Waals surface area contributed by atoms with Gasteiger partial charge in [-0.2, -0.15) is 9.03 Å². The van der Waals surface area contributed by atoms with Gasteiger partial charge in [0.05, 0.1) is 16.7 Å². The molecule has 26 heavy (non-hydrogen) atoms. The Labute approximate surface area is 145 Å². The van der Waals surface area contributed by atoms with Crippen LogP contribution in [0.4, 0.5) is 4.39 Å². The Morgan fingerprint density at radius 3 is 2.04 bits per heavy atom. The molecule has 0 fully saturated rings. The number of nitrogens with zero attached hydrogens (tertiary/aromatic N) is 3. The van der Waals surface area contributed by atoms with Crippen LogP contribution in [0.3, 0.4) is 0 Å². The Kier molecular flexibility index (Phi) is 2.91. The molecule has 0 N–H and O–H groups in total. The molecule has 0 spiro atoms. The van der Waals surface area contributed by atoms with E-state index in [9.17, 15) is 14.0 Å². The van der Waals surface area contributed by atoms with Gasteiger partial charge in [-0.25, -0.2) is 18.5 Å². The quantitative estimate of drug-likeness (QED) is 0.439. The van der Waals surface area contributed by atoms with E-state index in [1.54, 1.807) is 42.5 Å². The molecule has 3 aromatic carbocycles. The summed E-state index contributed by atoms with van der Waals surface area (Å²) in [7, 11) is 0. The van der Waals surface area contributed by atoms with Crippen molar-refractivity contribution in [1.29, 1.82) is 0 Å². The average Bonchev–Trinajstić information content (AvgIpc) is 2.93. The lowest BCUT2D eigenvalue weighted by atomic mass is 10.1. The number of hydrogen-bond acceptors (Lipinski definition) is 2. The molecule has 0 aliphatic heterocycles. The molecule has 5 aromatic rings. The highest BCUT2D eigenvalue weighted by atomic mass is 19.1. The van der Waals surface area contributed by atoms with Crippen LogP contribution < -0.4 is 11.4 Å². The number of rotatable bonds is 1. The third-order valence-electron chi connectivity index (χ3n) is 4.57. The number of aromatic nitrogens is 3. The van der Waals surface area contributed by atoms with E-state index in [2.05, 4.69) is 0 Å². The first-order valence-electron chi connectivity index (χ1n) is 8.09. The van der Waals surface area contributed by atoms with Gasteiger partial charge in [-0.05, 0) is 30.3 Å². The summed E-state index contributed by atoms with van der Waals surface area (Å²) in [5.41, 5.74) is 0.363. The normalized spacial score (nSPS) is 11.6. The molecule has 2 heterocycles. The lowest BCUT2D eigenvalue weighted by molar-refractivity contribution is 0.628. The fourth-order valence-electron chi connectivity index (χ4n) is 3.46. The number of benzene rings is 3. The zero-order chi connectivity index (χ0) is 17.8. The summed E-state index contributed by atoms with van der Waals surface area (Å²) in [4.78, 5) is 26.2. The molecule has 0 amide bonds. The fourth-order valence-corrected chi connectivity index (χ4v) is 3.46. The Bertz CT molecular complexity index is 1430. The summed E-state index contributed by atoms with van der Waals surface area (Å²) < 4.78 is 17.5. The molecular weight excluding hydrogens is 333 g/mol. The molecule has 0 bridgehead atoms. The van der Waals surface area contributed by atoms with Crippen LogP contribution in [-0.2, 0) is 0 Å². The Morgan fingerprint density at radius 1 is 0.654 bits per heavy atom. The van der Waals surface area contributed by atoms with Crippen LogP contribution >= 0.6 is 0 Å². The lowest BCUT2D eigenvalue weighted by Crippen LogP contribution is -2.25. The van der Waals surface area contributed by atoms with Crippen molar-refractivity contribution in [3.8, 4) is 5.69 Å². The summed E-state index contributed by atoms with van der Waals surface area (Å²) in [5.74, 6) is -0.471. The van der Waals surface area contributed by atoms with Crippen molar-refractivity contribution >= 4 is 21.8 Å². The van der Waals surface area contributed by atoms with E-state index in [0.717, 1.165) is 9.95 Å². The molecular formula is C20H12FN3O2. The van der Waals surface area contributed by atoms with Crippen molar-refractivity contribution in [2.75, 3.05) is 0 Å². The van der Waals surface area contributed by atoms with Crippen LogP contribution in [-0.4, -0.2) is 13.6 Å². The zero-order valence-corrected chi connectivity index (χ0v) is 13.5. The van der Waals surface area contributed by atoms with Crippen LogP contribution in [0.1, 0.15) is 0 Å². The van der Waals surface area contributed by atoms with Crippen LogP contribution in [0.15, 0.2) is 82.4 Å². The molecule has 5 nitrogen and oxygen atoms in total. The van der Waals surface area contributed by atoms with E-state index < -0.39 is 17.2 Å². The van der Waals surface area contributed by atoms with Crippen molar-refractivity contribution in [1.82, 2.24) is 13.6 Å². The molecule has 0 unspecified atom stereocenters. The Hall–Kier alpha value is -3.67. The molecule has 0 saturated heterocycles. The van der Waals surface area contributed by atoms with Gasteiger partial charge < -0.3 is 0 Å². The smallest absolute Gasteiger partial charge is 0.245 e. The number of para-hydroxylation sites is 2. The molecule has 2 aromatic heterocycles. The SMILES string of the molecule is O=c1n(-c2ccccc2)c(=O)n2c3cc(F)ccc3c3ccccc3n12. The van der Waals surface area contributed by atoms with Gasteiger partial charge in [-0.3, -0.25) is 0 Å². The Balaban J connectivity index is 2.14. The standard InChI is InChI=1S/C20H12FN3O2/c21-13-10-11-16-15-8-4-5-9-17(15)23-19(25)22(14-6-2-1-3-7-14)20(26)24(23)18(16)12-13/h1-12H. The summed E-state index contributed by atoms with van der Waals surface area (Å²) >= 11 is 0. The van der Waals surface area contributed by atoms with E-state index in [1.165, 1.54) is 21.2 Å². The molecule has 0 aliphatic rings. The Morgan fingerprint density at radius 2 is 1.27 bits per heavy atom. The number of hydrogen-bond donors (Lipinski definition) is 0. The van der Waals surface area contributed by atoms with E-state index in [1.807, 2.05) is 18.2 Å². The monoisotopic (exact) mass is 345 g/mol. The molecule has 126 valence electrons. The first kappa shape index (κ1) is 14.7. The van der Waals surface area contributed by atoms with E-state index in [-0.39, 0.29) is 0 Å². The summed E-state index contributed by atoms with van der Waals surface area (Å²) in [6.45, 7) is 0. The molecule has 5 rings (SSSR count). The molecule has 0 saturated carbocycles. The van der Waals surface area contributed by atoms with Gasteiger partial charge in [-0.1, -0.05) is 36.4 Å². The molecule has 0 aliphatic carbocycles. The highest BCUT2D eigenvalue weighted by Crippen LogP contribution is 2.24. The van der Waals surface area contributed by atoms with Crippen molar-refractivity contribution in [2.45, 2.75) is 0 Å². The van der Waals surface area contributed by atoms with Gasteiger partial charge in [0.15, 0.2) is 0 Å². The largest absolute Gasteiger partial charge is 0.356 e. The van der Waals surface area contributed by atoms with Gasteiger partial charge in [0.2, 0.25) is 0 Å². The lowest BCUT2D eigenvalue weighted by Gasteiger charge is -2.08. The van der Waals surface area contributed by atoms with Crippen LogP contribution in [0.2, 0.25) is 0 Å². The predicted octanol–water partition coefficient (Wildman–Crippen LogP) is 3.00. The fraction of sp³-hybridized carbons (Fsp3) is 0. The van der Waals surface area contributed by atoms with Crippen LogP contribution in [0.5, 0.6) is 0 Å². The minimum atomic E-state index is -0.539. The molecule has 0 radical (unpaired) electrons. The topological polar surface area (TPSA) is 47.9 Å². The second-order valence-electron chi connectivity index (χ2n) is 6.04.